The lowest BCUT2D eigenvalue weighted by molar-refractivity contribution is -0.877. The van der Waals surface area contributed by atoms with Gasteiger partial charge >= 0.3 is 0 Å². The molecule has 1 unspecified atom stereocenters. The van der Waals surface area contributed by atoms with E-state index in [-0.39, 0.29) is 29.6 Å². The minimum Gasteiger partial charge on any atom is -1.00 e. The second-order valence-electron chi connectivity index (χ2n) is 4.80. The minimum atomic E-state index is -0.0868. The van der Waals surface area contributed by atoms with Gasteiger partial charge in [0.1, 0.15) is 12.1 Å². The van der Waals surface area contributed by atoms with E-state index in [2.05, 4.69) is 28.1 Å². The average Bonchev–Trinajstić information content (AvgIpc) is 1.83. The number of nitrogens with zero attached hydrogens (tertiary/aromatic N) is 1. The largest absolute Gasteiger partial charge is 1.00 e. The Morgan fingerprint density at radius 3 is 2.23 bits per heavy atom. The maximum Gasteiger partial charge on any atom is 0.137 e. The third-order valence-electron chi connectivity index (χ3n) is 1.89. The van der Waals surface area contributed by atoms with E-state index >= 15 is 0 Å². The van der Waals surface area contributed by atoms with Crippen LogP contribution < -0.4 is 24.0 Å². The van der Waals surface area contributed by atoms with Crippen LogP contribution in [0.1, 0.15) is 6.92 Å². The molecule has 0 radical (unpaired) electrons. The maximum atomic E-state index is 5.70. The second kappa shape index (κ2) is 4.91. The summed E-state index contributed by atoms with van der Waals surface area (Å²) < 4.78 is 12.0. The summed E-state index contributed by atoms with van der Waals surface area (Å²) in [6, 6.07) is 0. The summed E-state index contributed by atoms with van der Waals surface area (Å²) in [5.41, 5.74) is -0.0868. The minimum absolute atomic E-state index is 0. The van der Waals surface area contributed by atoms with Gasteiger partial charge in [0, 0.05) is 0 Å². The molecule has 1 atom stereocenters. The Morgan fingerprint density at radius 2 is 1.85 bits per heavy atom. The Bertz CT molecular complexity index is 150. The third kappa shape index (κ3) is 5.15. The number of quaternary nitrogens is 1. The van der Waals surface area contributed by atoms with Gasteiger partial charge in [-0.15, -0.1) is 0 Å². The third-order valence-corrected chi connectivity index (χ3v) is 1.89. The highest BCUT2D eigenvalue weighted by molar-refractivity contribution is 4.76. The molecule has 0 aromatic rings. The molecule has 1 aliphatic rings. The van der Waals surface area contributed by atoms with Crippen LogP contribution in [0.15, 0.2) is 0 Å². The Hall–Kier alpha value is 0.610. The zero-order valence-electron chi connectivity index (χ0n) is 8.97. The summed E-state index contributed by atoms with van der Waals surface area (Å²) in [6.07, 6.45) is 0. The van der Waals surface area contributed by atoms with Crippen LogP contribution in [0.25, 0.3) is 0 Å². The van der Waals surface area contributed by atoms with Gasteiger partial charge in [-0.1, -0.05) is 0 Å². The van der Waals surface area contributed by atoms with E-state index in [4.69, 9.17) is 9.47 Å². The van der Waals surface area contributed by atoms with E-state index in [1.54, 1.807) is 0 Å². The van der Waals surface area contributed by atoms with E-state index in [1.165, 1.54) is 0 Å². The van der Waals surface area contributed by atoms with Gasteiger partial charge in [-0.25, -0.2) is 0 Å². The van der Waals surface area contributed by atoms with Crippen molar-refractivity contribution in [1.82, 2.24) is 0 Å². The number of ether oxygens (including phenoxy) is 2. The lowest BCUT2D eigenvalue weighted by Crippen LogP contribution is -3.00. The maximum absolute atomic E-state index is 5.70. The number of hydrogen-bond donors (Lipinski definition) is 0. The predicted molar refractivity (Wildman–Crippen MR) is 48.1 cm³/mol. The van der Waals surface area contributed by atoms with E-state index in [0.29, 0.717) is 0 Å². The van der Waals surface area contributed by atoms with Crippen molar-refractivity contribution in [3.63, 3.8) is 0 Å². The lowest BCUT2D eigenvalue weighted by atomic mass is 10.1. The summed E-state index contributed by atoms with van der Waals surface area (Å²) in [5, 5.41) is 0. The monoisotopic (exact) mass is 301 g/mol. The Morgan fingerprint density at radius 1 is 1.23 bits per heavy atom. The average molecular weight is 301 g/mol. The Balaban J connectivity index is 0.00000144. The molecular weight excluding hydrogens is 281 g/mol. The van der Waals surface area contributed by atoms with E-state index in [1.807, 2.05) is 0 Å². The van der Waals surface area contributed by atoms with Crippen molar-refractivity contribution in [2.24, 2.45) is 0 Å². The normalized spacial score (nSPS) is 29.5. The molecule has 0 bridgehead atoms. The molecule has 1 fully saturated rings. The van der Waals surface area contributed by atoms with Crippen LogP contribution in [-0.4, -0.2) is 57.6 Å². The fraction of sp³-hybridized carbons (Fsp3) is 1.00. The Labute approximate surface area is 98.0 Å². The topological polar surface area (TPSA) is 18.5 Å². The first-order chi connectivity index (χ1) is 5.41. The van der Waals surface area contributed by atoms with Crippen molar-refractivity contribution in [1.29, 1.82) is 0 Å². The van der Waals surface area contributed by atoms with E-state index in [0.717, 1.165) is 30.8 Å². The van der Waals surface area contributed by atoms with Crippen molar-refractivity contribution < 1.29 is 37.9 Å². The molecule has 0 saturated carbocycles. The van der Waals surface area contributed by atoms with Crippen LogP contribution in [0.3, 0.4) is 0 Å². The number of likely N-dealkylation sites (N-methyl/N-ethyl adjacent to an activating group) is 1. The number of rotatable bonds is 2. The second-order valence-corrected chi connectivity index (χ2v) is 4.80. The van der Waals surface area contributed by atoms with Crippen molar-refractivity contribution in [3.05, 3.63) is 0 Å². The van der Waals surface area contributed by atoms with Gasteiger partial charge in [0.05, 0.1) is 41.0 Å². The van der Waals surface area contributed by atoms with Crippen molar-refractivity contribution >= 4 is 0 Å². The zero-order chi connectivity index (χ0) is 9.24. The van der Waals surface area contributed by atoms with Crippen LogP contribution in [0.5, 0.6) is 0 Å². The molecule has 0 aliphatic carbocycles. The molecule has 3 nitrogen and oxygen atoms in total. The first-order valence-electron chi connectivity index (χ1n) is 4.44. The molecule has 1 heterocycles. The molecule has 13 heavy (non-hydrogen) atoms. The zero-order valence-corrected chi connectivity index (χ0v) is 11.1. The highest BCUT2D eigenvalue weighted by atomic mass is 127. The number of halogens is 1. The summed E-state index contributed by atoms with van der Waals surface area (Å²) in [4.78, 5) is 0. The van der Waals surface area contributed by atoms with Gasteiger partial charge in [-0.3, -0.25) is 0 Å². The van der Waals surface area contributed by atoms with Gasteiger partial charge in [0.2, 0.25) is 0 Å². The molecule has 0 aromatic carbocycles. The molecule has 1 saturated heterocycles. The molecule has 0 N–H and O–H groups in total. The summed E-state index contributed by atoms with van der Waals surface area (Å²) in [7, 11) is 6.51. The standard InChI is InChI=1S/C9H20NO2.HI/c1-9(7-10(2,3)4)8-11-5-6-12-9;/h5-8H2,1-4H3;1H/q+1;/p-1. The molecule has 0 aromatic heterocycles. The predicted octanol–water partition coefficient (Wildman–Crippen LogP) is -2.50. The smallest absolute Gasteiger partial charge is 0.137 e. The summed E-state index contributed by atoms with van der Waals surface area (Å²) >= 11 is 0. The fourth-order valence-electron chi connectivity index (χ4n) is 1.77. The SMILES string of the molecule is CC1(C[N+](C)(C)C)COCCO1.[I-]. The molecular formula is C9H20INO2. The first kappa shape index (κ1) is 13.6. The van der Waals surface area contributed by atoms with Gasteiger partial charge in [-0.05, 0) is 6.92 Å². The summed E-state index contributed by atoms with van der Waals surface area (Å²) in [6.45, 7) is 5.31. The van der Waals surface area contributed by atoms with Crippen LogP contribution in [0, 0.1) is 0 Å². The van der Waals surface area contributed by atoms with Gasteiger partial charge in [0.15, 0.2) is 0 Å². The van der Waals surface area contributed by atoms with Crippen molar-refractivity contribution in [3.8, 4) is 0 Å². The van der Waals surface area contributed by atoms with E-state index in [9.17, 15) is 0 Å². The Kier molecular flexibility index (Phi) is 5.14. The van der Waals surface area contributed by atoms with Crippen LogP contribution in [0.4, 0.5) is 0 Å². The molecule has 0 spiro atoms. The quantitative estimate of drug-likeness (QED) is 0.415. The summed E-state index contributed by atoms with van der Waals surface area (Å²) in [5.74, 6) is 0. The molecule has 80 valence electrons. The molecule has 1 aliphatic heterocycles. The first-order valence-corrected chi connectivity index (χ1v) is 4.44. The molecule has 1 rings (SSSR count). The van der Waals surface area contributed by atoms with Crippen LogP contribution >= 0.6 is 0 Å². The van der Waals surface area contributed by atoms with Gasteiger partial charge in [-0.2, -0.15) is 0 Å². The highest BCUT2D eigenvalue weighted by Crippen LogP contribution is 2.17. The molecule has 4 heteroatoms. The number of hydrogen-bond acceptors (Lipinski definition) is 2. The van der Waals surface area contributed by atoms with Crippen molar-refractivity contribution in [2.45, 2.75) is 12.5 Å². The highest BCUT2D eigenvalue weighted by Gasteiger charge is 2.34. The van der Waals surface area contributed by atoms with Crippen LogP contribution in [-0.2, 0) is 9.47 Å². The lowest BCUT2D eigenvalue weighted by Gasteiger charge is -2.38. The van der Waals surface area contributed by atoms with Gasteiger partial charge < -0.3 is 37.9 Å². The van der Waals surface area contributed by atoms with E-state index < -0.39 is 0 Å². The van der Waals surface area contributed by atoms with Gasteiger partial charge in [0.25, 0.3) is 0 Å². The van der Waals surface area contributed by atoms with Crippen LogP contribution in [0.2, 0.25) is 0 Å². The molecule has 0 amide bonds. The van der Waals surface area contributed by atoms with Crippen molar-refractivity contribution in [2.75, 3.05) is 47.5 Å². The fourth-order valence-corrected chi connectivity index (χ4v) is 1.77.